The molecular formula is C14H17N3OS. The number of aromatic nitrogens is 1. The summed E-state index contributed by atoms with van der Waals surface area (Å²) in [6.07, 6.45) is 2.80. The predicted molar refractivity (Wildman–Crippen MR) is 78.0 cm³/mol. The van der Waals surface area contributed by atoms with Crippen molar-refractivity contribution in [3.05, 3.63) is 46.4 Å². The van der Waals surface area contributed by atoms with Gasteiger partial charge in [0.2, 0.25) is 5.91 Å². The van der Waals surface area contributed by atoms with E-state index in [4.69, 9.17) is 5.73 Å². The molecule has 2 N–H and O–H groups in total. The topological polar surface area (TPSA) is 59.2 Å². The Kier molecular flexibility index (Phi) is 4.52. The maximum Gasteiger partial charge on any atom is 0.228 e. The minimum absolute atomic E-state index is 0.0776. The van der Waals surface area contributed by atoms with E-state index in [-0.39, 0.29) is 5.91 Å². The van der Waals surface area contributed by atoms with E-state index >= 15 is 0 Å². The second-order valence-corrected chi connectivity index (χ2v) is 5.44. The average molecular weight is 275 g/mol. The lowest BCUT2D eigenvalue weighted by atomic mass is 10.2. The Morgan fingerprint density at radius 2 is 2.26 bits per heavy atom. The number of amides is 1. The van der Waals surface area contributed by atoms with Gasteiger partial charge in [0.25, 0.3) is 0 Å². The minimum Gasteiger partial charge on any atom is -0.397 e. The summed E-state index contributed by atoms with van der Waals surface area (Å²) >= 11 is 1.72. The third-order valence-corrected chi connectivity index (χ3v) is 3.82. The molecular weight excluding hydrogens is 258 g/mol. The quantitative estimate of drug-likeness (QED) is 0.907. The van der Waals surface area contributed by atoms with Gasteiger partial charge in [-0.2, -0.15) is 0 Å². The molecule has 0 aliphatic carbocycles. The predicted octanol–water partition coefficient (Wildman–Crippen LogP) is 1.97. The molecule has 0 aliphatic rings. The zero-order chi connectivity index (χ0) is 13.7. The average Bonchev–Trinajstić information content (AvgIpc) is 2.91. The van der Waals surface area contributed by atoms with Gasteiger partial charge in [-0.3, -0.25) is 9.78 Å². The van der Waals surface area contributed by atoms with E-state index in [1.54, 1.807) is 34.6 Å². The van der Waals surface area contributed by atoms with Crippen LogP contribution in [0, 0.1) is 0 Å². The van der Waals surface area contributed by atoms with E-state index in [0.29, 0.717) is 12.1 Å². The van der Waals surface area contributed by atoms with Gasteiger partial charge in [0.1, 0.15) is 0 Å². The first-order valence-electron chi connectivity index (χ1n) is 6.12. The van der Waals surface area contributed by atoms with Gasteiger partial charge in [-0.25, -0.2) is 0 Å². The first kappa shape index (κ1) is 13.5. The van der Waals surface area contributed by atoms with E-state index in [1.165, 1.54) is 4.88 Å². The SMILES string of the molecule is CN(CCc1cccs1)C(=O)Cc1ccc(N)cn1. The van der Waals surface area contributed by atoms with Crippen LogP contribution in [0.3, 0.4) is 0 Å². The number of likely N-dealkylation sites (N-methyl/N-ethyl adjacent to an activating group) is 1. The second kappa shape index (κ2) is 6.33. The third-order valence-electron chi connectivity index (χ3n) is 2.88. The van der Waals surface area contributed by atoms with Crippen LogP contribution in [0.4, 0.5) is 5.69 Å². The summed E-state index contributed by atoms with van der Waals surface area (Å²) in [4.78, 5) is 19.2. The Balaban J connectivity index is 1.83. The number of nitrogens with zero attached hydrogens (tertiary/aromatic N) is 2. The molecule has 0 atom stereocenters. The Morgan fingerprint density at radius 1 is 1.42 bits per heavy atom. The number of nitrogen functional groups attached to an aromatic ring is 1. The number of hydrogen-bond acceptors (Lipinski definition) is 4. The number of nitrogens with two attached hydrogens (primary N) is 1. The van der Waals surface area contributed by atoms with Gasteiger partial charge in [-0.05, 0) is 30.0 Å². The Morgan fingerprint density at radius 3 is 2.89 bits per heavy atom. The number of hydrogen-bond donors (Lipinski definition) is 1. The van der Waals surface area contributed by atoms with Crippen molar-refractivity contribution in [3.8, 4) is 0 Å². The minimum atomic E-state index is 0.0776. The van der Waals surface area contributed by atoms with Crippen LogP contribution < -0.4 is 5.73 Å². The van der Waals surface area contributed by atoms with E-state index in [9.17, 15) is 4.79 Å². The summed E-state index contributed by atoms with van der Waals surface area (Å²) in [6.45, 7) is 0.730. The molecule has 2 rings (SSSR count). The number of rotatable bonds is 5. The van der Waals surface area contributed by atoms with Crippen molar-refractivity contribution >= 4 is 22.9 Å². The third kappa shape index (κ3) is 4.06. The molecule has 2 heterocycles. The van der Waals surface area contributed by atoms with Gasteiger partial charge in [-0.15, -0.1) is 11.3 Å². The van der Waals surface area contributed by atoms with Gasteiger partial charge in [0.05, 0.1) is 18.3 Å². The molecule has 0 fully saturated rings. The number of carbonyl (C=O) groups is 1. The standard InChI is InChI=1S/C14H17N3OS/c1-17(7-6-13-3-2-8-19-13)14(18)9-12-5-4-11(15)10-16-12/h2-5,8,10H,6-7,9,15H2,1H3. The monoisotopic (exact) mass is 275 g/mol. The number of anilines is 1. The van der Waals surface area contributed by atoms with Crippen molar-refractivity contribution in [1.82, 2.24) is 9.88 Å². The molecule has 0 saturated carbocycles. The van der Waals surface area contributed by atoms with Crippen LogP contribution in [-0.2, 0) is 17.6 Å². The zero-order valence-electron chi connectivity index (χ0n) is 10.9. The van der Waals surface area contributed by atoms with Gasteiger partial charge in [0.15, 0.2) is 0 Å². The molecule has 0 unspecified atom stereocenters. The van der Waals surface area contributed by atoms with Crippen LogP contribution >= 0.6 is 11.3 Å². The van der Waals surface area contributed by atoms with Crippen molar-refractivity contribution in [2.24, 2.45) is 0 Å². The fourth-order valence-corrected chi connectivity index (χ4v) is 2.39. The Labute approximate surface area is 116 Å². The highest BCUT2D eigenvalue weighted by atomic mass is 32.1. The maximum atomic E-state index is 12.0. The second-order valence-electron chi connectivity index (χ2n) is 4.40. The van der Waals surface area contributed by atoms with Gasteiger partial charge < -0.3 is 10.6 Å². The smallest absolute Gasteiger partial charge is 0.228 e. The molecule has 4 nitrogen and oxygen atoms in total. The lowest BCUT2D eigenvalue weighted by molar-refractivity contribution is -0.129. The molecule has 0 aliphatic heterocycles. The van der Waals surface area contributed by atoms with Gasteiger partial charge >= 0.3 is 0 Å². The first-order valence-corrected chi connectivity index (χ1v) is 7.00. The maximum absolute atomic E-state index is 12.0. The van der Waals surface area contributed by atoms with Crippen LogP contribution in [0.1, 0.15) is 10.6 Å². The van der Waals surface area contributed by atoms with E-state index in [1.807, 2.05) is 13.1 Å². The number of pyridine rings is 1. The van der Waals surface area contributed by atoms with E-state index < -0.39 is 0 Å². The molecule has 0 radical (unpaired) electrons. The molecule has 100 valence electrons. The Bertz CT molecular complexity index is 522. The summed E-state index contributed by atoms with van der Waals surface area (Å²) in [5.74, 6) is 0.0776. The van der Waals surface area contributed by atoms with Crippen LogP contribution in [0.5, 0.6) is 0 Å². The Hall–Kier alpha value is -1.88. The molecule has 0 aromatic carbocycles. The fourth-order valence-electron chi connectivity index (χ4n) is 1.69. The summed E-state index contributed by atoms with van der Waals surface area (Å²) in [7, 11) is 1.83. The van der Waals surface area contributed by atoms with Crippen molar-refractivity contribution in [1.29, 1.82) is 0 Å². The van der Waals surface area contributed by atoms with Gasteiger partial charge in [-0.1, -0.05) is 6.07 Å². The van der Waals surface area contributed by atoms with Crippen molar-refractivity contribution in [3.63, 3.8) is 0 Å². The van der Waals surface area contributed by atoms with E-state index in [2.05, 4.69) is 16.4 Å². The molecule has 2 aromatic rings. The normalized spacial score (nSPS) is 10.4. The van der Waals surface area contributed by atoms with Crippen molar-refractivity contribution in [2.45, 2.75) is 12.8 Å². The molecule has 0 saturated heterocycles. The molecule has 5 heteroatoms. The summed E-state index contributed by atoms with van der Waals surface area (Å²) < 4.78 is 0. The zero-order valence-corrected chi connectivity index (χ0v) is 11.7. The molecule has 0 spiro atoms. The van der Waals surface area contributed by atoms with Crippen LogP contribution in [0.25, 0.3) is 0 Å². The number of thiophene rings is 1. The lowest BCUT2D eigenvalue weighted by Gasteiger charge is -2.16. The van der Waals surface area contributed by atoms with Crippen LogP contribution in [-0.4, -0.2) is 29.4 Å². The molecule has 19 heavy (non-hydrogen) atoms. The number of carbonyl (C=O) groups excluding carboxylic acids is 1. The van der Waals surface area contributed by atoms with Crippen molar-refractivity contribution < 1.29 is 4.79 Å². The highest BCUT2D eigenvalue weighted by molar-refractivity contribution is 7.09. The molecule has 2 aromatic heterocycles. The van der Waals surface area contributed by atoms with Crippen LogP contribution in [0.2, 0.25) is 0 Å². The van der Waals surface area contributed by atoms with Gasteiger partial charge in [0, 0.05) is 24.2 Å². The van der Waals surface area contributed by atoms with E-state index in [0.717, 1.165) is 18.7 Å². The summed E-state index contributed by atoms with van der Waals surface area (Å²) in [5, 5.41) is 2.05. The fraction of sp³-hybridized carbons (Fsp3) is 0.286. The summed E-state index contributed by atoms with van der Waals surface area (Å²) in [6, 6.07) is 7.67. The first-order chi connectivity index (χ1) is 9.15. The molecule has 1 amide bonds. The summed E-state index contributed by atoms with van der Waals surface area (Å²) in [5.41, 5.74) is 6.93. The highest BCUT2D eigenvalue weighted by Gasteiger charge is 2.10. The van der Waals surface area contributed by atoms with Crippen molar-refractivity contribution in [2.75, 3.05) is 19.3 Å². The largest absolute Gasteiger partial charge is 0.397 e. The highest BCUT2D eigenvalue weighted by Crippen LogP contribution is 2.10. The lowest BCUT2D eigenvalue weighted by Crippen LogP contribution is -2.30. The molecule has 0 bridgehead atoms. The van der Waals surface area contributed by atoms with Crippen LogP contribution in [0.15, 0.2) is 35.8 Å².